The van der Waals surface area contributed by atoms with Crippen LogP contribution in [0.4, 0.5) is 0 Å². The Kier molecular flexibility index (Phi) is 17.9. The quantitative estimate of drug-likeness (QED) is 0.115. The van der Waals surface area contributed by atoms with Crippen molar-refractivity contribution in [2.75, 3.05) is 19.6 Å². The first-order valence-electron chi connectivity index (χ1n) is 13.8. The van der Waals surface area contributed by atoms with Gasteiger partial charge in [-0.25, -0.2) is 9.48 Å². The molecule has 1 aliphatic heterocycles. The number of hydrogen-bond acceptors (Lipinski definition) is 4. The summed E-state index contributed by atoms with van der Waals surface area (Å²) in [5.41, 5.74) is 5.71. The molecular weight excluding hydrogens is 410 g/mol. The highest BCUT2D eigenvalue weighted by atomic mass is 16.4. The molecule has 0 amide bonds. The first-order chi connectivity index (χ1) is 16.1. The molecule has 1 rings (SSSR count). The minimum absolute atomic E-state index is 0.0680. The lowest BCUT2D eigenvalue weighted by molar-refractivity contribution is -0.780. The second kappa shape index (κ2) is 20.0. The molecule has 0 aromatic rings. The summed E-state index contributed by atoms with van der Waals surface area (Å²) in [6.45, 7) is 3.21. The Labute approximate surface area is 203 Å². The van der Waals surface area contributed by atoms with Crippen LogP contribution in [0.5, 0.6) is 0 Å². The second-order valence-corrected chi connectivity index (χ2v) is 9.67. The highest BCUT2D eigenvalue weighted by Crippen LogP contribution is 2.21. The lowest BCUT2D eigenvalue weighted by Crippen LogP contribution is -2.55. The van der Waals surface area contributed by atoms with E-state index in [4.69, 9.17) is 5.73 Å². The third kappa shape index (κ3) is 14.4. The van der Waals surface area contributed by atoms with Crippen LogP contribution in [0.2, 0.25) is 0 Å². The number of carboxylic acids is 1. The Bertz CT molecular complexity index is 586. The predicted molar refractivity (Wildman–Crippen MR) is 139 cm³/mol. The van der Waals surface area contributed by atoms with E-state index in [9.17, 15) is 9.90 Å². The predicted octanol–water partition coefficient (Wildman–Crippen LogP) is 5.99. The van der Waals surface area contributed by atoms with Crippen LogP contribution in [-0.2, 0) is 4.79 Å². The molecule has 0 bridgehead atoms. The smallest absolute Gasteiger partial charge is 0.207 e. The van der Waals surface area contributed by atoms with Crippen molar-refractivity contribution in [3.05, 3.63) is 24.6 Å². The maximum atomic E-state index is 11.2. The minimum Gasteiger partial charge on any atom is -0.544 e. The summed E-state index contributed by atoms with van der Waals surface area (Å²) in [5.74, 6) is -0.127. The molecule has 0 aromatic carbocycles. The largest absolute Gasteiger partial charge is 0.544 e. The van der Waals surface area contributed by atoms with E-state index >= 15 is 0 Å². The molecule has 1 heterocycles. The number of carbonyl (C=O) groups is 1. The SMILES string of the molecule is CCCCCCCC/C=C/CCCCCCCCCCCC1=NC=C[N+]1(CCN)CC(=O)[O-]. The van der Waals surface area contributed by atoms with Crippen molar-refractivity contribution in [3.63, 3.8) is 0 Å². The van der Waals surface area contributed by atoms with Gasteiger partial charge in [0.15, 0.2) is 0 Å². The maximum Gasteiger partial charge on any atom is 0.207 e. The Morgan fingerprint density at radius 2 is 1.39 bits per heavy atom. The zero-order chi connectivity index (χ0) is 24.0. The molecular formula is C28H51N3O2. The van der Waals surface area contributed by atoms with Crippen molar-refractivity contribution >= 4 is 11.8 Å². The number of unbranched alkanes of at least 4 members (excludes halogenated alkanes) is 15. The first kappa shape index (κ1) is 29.6. The highest BCUT2D eigenvalue weighted by molar-refractivity contribution is 5.80. The molecule has 0 radical (unpaired) electrons. The molecule has 1 unspecified atom stereocenters. The molecule has 2 N–H and O–H groups in total. The Hall–Kier alpha value is -1.46. The Balaban J connectivity index is 1.92. The normalized spacial score (nSPS) is 17.8. The summed E-state index contributed by atoms with van der Waals surface area (Å²) in [6, 6.07) is 0. The number of hydrogen-bond donors (Lipinski definition) is 1. The van der Waals surface area contributed by atoms with Crippen LogP contribution < -0.4 is 10.8 Å². The Morgan fingerprint density at radius 1 is 0.879 bits per heavy atom. The fraction of sp³-hybridized carbons (Fsp3) is 0.786. The summed E-state index contributed by atoms with van der Waals surface area (Å²) in [7, 11) is 0. The van der Waals surface area contributed by atoms with Gasteiger partial charge in [0.25, 0.3) is 0 Å². The molecule has 0 saturated heterocycles. The number of aliphatic carboxylic acids is 1. The number of rotatable bonds is 23. The highest BCUT2D eigenvalue weighted by Gasteiger charge is 2.34. The standard InChI is InChI=1S/C28H51N3O2/c1-2-3-4-5-6-7-8-9-10-11-12-13-14-15-16-17-18-19-20-21-27-30-23-25-31(27,24-22-29)26-28(32)33/h9-10,23,25H,2-8,11-22,24,26,29H2,1H3/b10-9+. The number of nitrogens with zero attached hydrogens (tertiary/aromatic N) is 2. The number of carbonyl (C=O) groups excluding carboxylic acids is 1. The molecule has 0 fully saturated rings. The lowest BCUT2D eigenvalue weighted by Gasteiger charge is -2.32. The zero-order valence-electron chi connectivity index (χ0n) is 21.4. The van der Waals surface area contributed by atoms with Gasteiger partial charge in [-0.05, 0) is 32.1 Å². The van der Waals surface area contributed by atoms with E-state index in [2.05, 4.69) is 24.1 Å². The fourth-order valence-corrected chi connectivity index (χ4v) is 4.68. The molecule has 1 atom stereocenters. The molecule has 0 aliphatic carbocycles. The molecule has 1 aliphatic rings. The zero-order valence-corrected chi connectivity index (χ0v) is 21.4. The molecule has 0 spiro atoms. The van der Waals surface area contributed by atoms with Gasteiger partial charge in [-0.1, -0.05) is 96.1 Å². The van der Waals surface area contributed by atoms with E-state index in [-0.39, 0.29) is 11.0 Å². The summed E-state index contributed by atoms with van der Waals surface area (Å²) in [6.07, 6.45) is 31.5. The van der Waals surface area contributed by atoms with Gasteiger partial charge < -0.3 is 15.6 Å². The van der Waals surface area contributed by atoms with Crippen LogP contribution in [0.15, 0.2) is 29.5 Å². The average molecular weight is 462 g/mol. The third-order valence-corrected chi connectivity index (χ3v) is 6.69. The van der Waals surface area contributed by atoms with Crippen molar-refractivity contribution in [1.82, 2.24) is 0 Å². The van der Waals surface area contributed by atoms with E-state index in [0.717, 1.165) is 18.7 Å². The van der Waals surface area contributed by atoms with Crippen molar-refractivity contribution < 1.29 is 14.4 Å². The molecule has 0 aromatic heterocycles. The summed E-state index contributed by atoms with van der Waals surface area (Å²) < 4.78 is 0.243. The van der Waals surface area contributed by atoms with Gasteiger partial charge in [0.2, 0.25) is 5.84 Å². The topological polar surface area (TPSA) is 78.5 Å². The number of quaternary nitrogens is 1. The third-order valence-electron chi connectivity index (χ3n) is 6.69. The summed E-state index contributed by atoms with van der Waals surface area (Å²) in [5, 5.41) is 11.2. The van der Waals surface area contributed by atoms with Crippen LogP contribution >= 0.6 is 0 Å². The summed E-state index contributed by atoms with van der Waals surface area (Å²) >= 11 is 0. The Morgan fingerprint density at radius 3 is 1.91 bits per heavy atom. The number of nitrogens with two attached hydrogens (primary N) is 1. The van der Waals surface area contributed by atoms with Crippen LogP contribution in [-0.4, -0.2) is 35.9 Å². The maximum absolute atomic E-state index is 11.2. The van der Waals surface area contributed by atoms with Crippen molar-refractivity contribution in [3.8, 4) is 0 Å². The van der Waals surface area contributed by atoms with Crippen LogP contribution in [0.1, 0.15) is 122 Å². The minimum atomic E-state index is -1.05. The molecule has 0 saturated carbocycles. The van der Waals surface area contributed by atoms with E-state index < -0.39 is 5.97 Å². The van der Waals surface area contributed by atoms with E-state index in [1.807, 2.05) is 6.20 Å². The lowest BCUT2D eigenvalue weighted by atomic mass is 10.0. The van der Waals surface area contributed by atoms with Gasteiger partial charge in [-0.15, -0.1) is 0 Å². The number of carboxylic acid groups (broad SMARTS) is 1. The van der Waals surface area contributed by atoms with Gasteiger partial charge in [-0.2, -0.15) is 0 Å². The number of amidine groups is 1. The van der Waals surface area contributed by atoms with Gasteiger partial charge in [0.05, 0.1) is 12.2 Å². The second-order valence-electron chi connectivity index (χ2n) is 9.67. The average Bonchev–Trinajstić information content (AvgIpc) is 3.16. The fourth-order valence-electron chi connectivity index (χ4n) is 4.68. The van der Waals surface area contributed by atoms with Crippen molar-refractivity contribution in [1.29, 1.82) is 0 Å². The molecule has 190 valence electrons. The number of allylic oxidation sites excluding steroid dienone is 2. The van der Waals surface area contributed by atoms with Gasteiger partial charge in [0.1, 0.15) is 19.3 Å². The molecule has 5 nitrogen and oxygen atoms in total. The number of aliphatic imine (C=N–C) groups is 1. The van der Waals surface area contributed by atoms with Crippen molar-refractivity contribution in [2.24, 2.45) is 10.7 Å². The van der Waals surface area contributed by atoms with Crippen LogP contribution in [0, 0.1) is 0 Å². The molecule has 33 heavy (non-hydrogen) atoms. The van der Waals surface area contributed by atoms with Crippen LogP contribution in [0.25, 0.3) is 0 Å². The van der Waals surface area contributed by atoms with Crippen molar-refractivity contribution in [2.45, 2.75) is 122 Å². The van der Waals surface area contributed by atoms with E-state index in [1.165, 1.54) is 103 Å². The van der Waals surface area contributed by atoms with Gasteiger partial charge in [0, 0.05) is 13.0 Å². The van der Waals surface area contributed by atoms with Gasteiger partial charge in [-0.3, -0.25) is 0 Å². The van der Waals surface area contributed by atoms with Crippen LogP contribution in [0.3, 0.4) is 0 Å². The van der Waals surface area contributed by atoms with E-state index in [1.54, 1.807) is 6.20 Å². The summed E-state index contributed by atoms with van der Waals surface area (Å²) in [4.78, 5) is 15.6. The monoisotopic (exact) mass is 461 g/mol. The first-order valence-corrected chi connectivity index (χ1v) is 13.8. The van der Waals surface area contributed by atoms with E-state index in [0.29, 0.717) is 13.1 Å². The molecule has 5 heteroatoms. The van der Waals surface area contributed by atoms with Gasteiger partial charge >= 0.3 is 0 Å².